The van der Waals surface area contributed by atoms with E-state index in [1.807, 2.05) is 29.2 Å². The zero-order valence-electron chi connectivity index (χ0n) is 13.6. The van der Waals surface area contributed by atoms with Crippen molar-refractivity contribution in [2.45, 2.75) is 31.7 Å². The van der Waals surface area contributed by atoms with Crippen LogP contribution in [0.5, 0.6) is 0 Å². The smallest absolute Gasteiger partial charge is 0.268 e. The van der Waals surface area contributed by atoms with Gasteiger partial charge in [0.15, 0.2) is 0 Å². The topological polar surface area (TPSA) is 85.4 Å². The highest BCUT2D eigenvalue weighted by molar-refractivity contribution is 5.99. The maximum absolute atomic E-state index is 12.4. The molecule has 1 fully saturated rings. The van der Waals surface area contributed by atoms with Gasteiger partial charge in [-0.15, -0.1) is 0 Å². The van der Waals surface area contributed by atoms with E-state index in [4.69, 9.17) is 5.11 Å². The Hall–Kier alpha value is -2.34. The summed E-state index contributed by atoms with van der Waals surface area (Å²) in [5, 5.41) is 12.6. The van der Waals surface area contributed by atoms with Crippen molar-refractivity contribution < 1.29 is 14.7 Å². The molecule has 128 valence electrons. The predicted molar refractivity (Wildman–Crippen MR) is 91.7 cm³/mol. The largest absolute Gasteiger partial charge is 0.396 e. The molecule has 2 aromatic rings. The van der Waals surface area contributed by atoms with Crippen LogP contribution in [0.25, 0.3) is 10.9 Å². The lowest BCUT2D eigenvalue weighted by Crippen LogP contribution is -2.42. The van der Waals surface area contributed by atoms with Crippen molar-refractivity contribution in [3.05, 3.63) is 36.0 Å². The summed E-state index contributed by atoms with van der Waals surface area (Å²) in [7, 11) is 0. The summed E-state index contributed by atoms with van der Waals surface area (Å²) in [4.78, 5) is 29.5. The van der Waals surface area contributed by atoms with Crippen LogP contribution < -0.4 is 5.32 Å². The van der Waals surface area contributed by atoms with E-state index in [0.29, 0.717) is 12.1 Å². The SMILES string of the molecule is O=C(NCC(=O)N1CCCC1CCCO)c1cc2ccccc2[nH]1. The summed E-state index contributed by atoms with van der Waals surface area (Å²) in [6, 6.07) is 9.65. The van der Waals surface area contributed by atoms with Gasteiger partial charge in [-0.05, 0) is 37.8 Å². The molecule has 0 saturated carbocycles. The van der Waals surface area contributed by atoms with E-state index >= 15 is 0 Å². The van der Waals surface area contributed by atoms with Gasteiger partial charge >= 0.3 is 0 Å². The van der Waals surface area contributed by atoms with Gasteiger partial charge in [0.2, 0.25) is 5.91 Å². The number of hydrogen-bond acceptors (Lipinski definition) is 3. The molecule has 1 aliphatic rings. The summed E-state index contributed by atoms with van der Waals surface area (Å²) < 4.78 is 0. The molecule has 1 atom stereocenters. The Balaban J connectivity index is 1.56. The molecule has 0 radical (unpaired) electrons. The fraction of sp³-hybridized carbons (Fsp3) is 0.444. The quantitative estimate of drug-likeness (QED) is 0.753. The van der Waals surface area contributed by atoms with E-state index in [1.54, 1.807) is 6.07 Å². The molecule has 0 aliphatic carbocycles. The zero-order chi connectivity index (χ0) is 16.9. The van der Waals surface area contributed by atoms with Crippen LogP contribution in [0, 0.1) is 0 Å². The number of carbonyl (C=O) groups excluding carboxylic acids is 2. The maximum Gasteiger partial charge on any atom is 0.268 e. The Morgan fingerprint density at radius 1 is 1.33 bits per heavy atom. The molecule has 0 spiro atoms. The third-order valence-electron chi connectivity index (χ3n) is 4.57. The van der Waals surface area contributed by atoms with E-state index in [2.05, 4.69) is 10.3 Å². The Morgan fingerprint density at radius 2 is 2.17 bits per heavy atom. The van der Waals surface area contributed by atoms with E-state index in [1.165, 1.54) is 0 Å². The van der Waals surface area contributed by atoms with Crippen molar-refractivity contribution >= 4 is 22.7 Å². The number of nitrogens with zero attached hydrogens (tertiary/aromatic N) is 1. The first-order valence-corrected chi connectivity index (χ1v) is 8.45. The number of para-hydroxylation sites is 1. The van der Waals surface area contributed by atoms with Gasteiger partial charge < -0.3 is 20.3 Å². The highest BCUT2D eigenvalue weighted by Crippen LogP contribution is 2.21. The van der Waals surface area contributed by atoms with Gasteiger partial charge in [0.25, 0.3) is 5.91 Å². The number of nitrogens with one attached hydrogen (secondary N) is 2. The first-order valence-electron chi connectivity index (χ1n) is 8.45. The van der Waals surface area contributed by atoms with E-state index in [9.17, 15) is 9.59 Å². The molecule has 1 aromatic carbocycles. The molecule has 3 N–H and O–H groups in total. The number of aromatic amines is 1. The molecule has 0 bridgehead atoms. The second-order valence-corrected chi connectivity index (χ2v) is 6.20. The molecule has 2 amide bonds. The Morgan fingerprint density at radius 3 is 2.96 bits per heavy atom. The van der Waals surface area contributed by atoms with Crippen LogP contribution in [0.2, 0.25) is 0 Å². The van der Waals surface area contributed by atoms with E-state index in [0.717, 1.165) is 36.7 Å². The van der Waals surface area contributed by atoms with Gasteiger partial charge in [-0.2, -0.15) is 0 Å². The number of amides is 2. The third kappa shape index (κ3) is 3.59. The molecule has 1 aromatic heterocycles. The monoisotopic (exact) mass is 329 g/mol. The maximum atomic E-state index is 12.4. The lowest BCUT2D eigenvalue weighted by Gasteiger charge is -2.24. The summed E-state index contributed by atoms with van der Waals surface area (Å²) in [6.07, 6.45) is 3.48. The number of hydrogen-bond donors (Lipinski definition) is 3. The Kier molecular flexibility index (Phi) is 5.15. The zero-order valence-corrected chi connectivity index (χ0v) is 13.6. The number of aliphatic hydroxyl groups excluding tert-OH is 1. The average Bonchev–Trinajstić information content (AvgIpc) is 3.23. The second kappa shape index (κ2) is 7.49. The fourth-order valence-corrected chi connectivity index (χ4v) is 3.34. The van der Waals surface area contributed by atoms with Crippen LogP contribution in [-0.4, -0.2) is 52.5 Å². The number of aromatic nitrogens is 1. The van der Waals surface area contributed by atoms with Crippen LogP contribution in [0.4, 0.5) is 0 Å². The Labute approximate surface area is 140 Å². The molecule has 1 aliphatic heterocycles. The fourth-order valence-electron chi connectivity index (χ4n) is 3.34. The molecule has 1 saturated heterocycles. The van der Waals surface area contributed by atoms with Crippen LogP contribution in [0.3, 0.4) is 0 Å². The van der Waals surface area contributed by atoms with E-state index < -0.39 is 0 Å². The lowest BCUT2D eigenvalue weighted by atomic mass is 10.1. The van der Waals surface area contributed by atoms with Gasteiger partial charge in [-0.25, -0.2) is 0 Å². The molecule has 24 heavy (non-hydrogen) atoms. The van der Waals surface area contributed by atoms with Gasteiger partial charge in [0.1, 0.15) is 5.69 Å². The summed E-state index contributed by atoms with van der Waals surface area (Å²) >= 11 is 0. The van der Waals surface area contributed by atoms with Gasteiger partial charge in [0, 0.05) is 30.1 Å². The van der Waals surface area contributed by atoms with Crippen molar-refractivity contribution in [1.29, 1.82) is 0 Å². The number of H-pyrrole nitrogens is 1. The first kappa shape index (κ1) is 16.5. The van der Waals surface area contributed by atoms with Crippen molar-refractivity contribution in [1.82, 2.24) is 15.2 Å². The summed E-state index contributed by atoms with van der Waals surface area (Å²) in [5.41, 5.74) is 1.36. The summed E-state index contributed by atoms with van der Waals surface area (Å²) in [5.74, 6) is -0.328. The minimum atomic E-state index is -0.273. The molecule has 6 heteroatoms. The third-order valence-corrected chi connectivity index (χ3v) is 4.57. The number of fused-ring (bicyclic) bond motifs is 1. The highest BCUT2D eigenvalue weighted by Gasteiger charge is 2.28. The molecular formula is C18H23N3O3. The van der Waals surface area contributed by atoms with Crippen molar-refractivity contribution in [2.24, 2.45) is 0 Å². The minimum Gasteiger partial charge on any atom is -0.396 e. The summed E-state index contributed by atoms with van der Waals surface area (Å²) in [6.45, 7) is 0.886. The van der Waals surface area contributed by atoms with Crippen LogP contribution in [0.1, 0.15) is 36.2 Å². The lowest BCUT2D eigenvalue weighted by molar-refractivity contribution is -0.131. The number of rotatable bonds is 6. The molecule has 2 heterocycles. The van der Waals surface area contributed by atoms with Gasteiger partial charge in [0.05, 0.1) is 6.54 Å². The highest BCUT2D eigenvalue weighted by atomic mass is 16.3. The average molecular weight is 329 g/mol. The van der Waals surface area contributed by atoms with Crippen LogP contribution in [0.15, 0.2) is 30.3 Å². The predicted octanol–water partition coefficient (Wildman–Crippen LogP) is 1.66. The van der Waals surface area contributed by atoms with Crippen molar-refractivity contribution in [2.75, 3.05) is 19.7 Å². The first-order chi connectivity index (χ1) is 11.7. The van der Waals surface area contributed by atoms with Crippen LogP contribution in [-0.2, 0) is 4.79 Å². The van der Waals surface area contributed by atoms with Crippen molar-refractivity contribution in [3.63, 3.8) is 0 Å². The van der Waals surface area contributed by atoms with Gasteiger partial charge in [-0.3, -0.25) is 9.59 Å². The molecule has 6 nitrogen and oxygen atoms in total. The van der Waals surface area contributed by atoms with Crippen LogP contribution >= 0.6 is 0 Å². The van der Waals surface area contributed by atoms with E-state index in [-0.39, 0.29) is 31.0 Å². The number of aliphatic hydroxyl groups is 1. The van der Waals surface area contributed by atoms with Crippen molar-refractivity contribution in [3.8, 4) is 0 Å². The van der Waals surface area contributed by atoms with Gasteiger partial charge in [-0.1, -0.05) is 18.2 Å². The Bertz CT molecular complexity index is 692. The minimum absolute atomic E-state index is 0.00379. The second-order valence-electron chi connectivity index (χ2n) is 6.20. The number of carbonyl (C=O) groups is 2. The molecule has 1 unspecified atom stereocenters. The standard InChI is InChI=1S/C18H23N3O3/c22-10-4-7-14-6-3-9-21(14)17(23)12-19-18(24)16-11-13-5-1-2-8-15(13)20-16/h1-2,5,8,11,14,20,22H,3-4,6-7,9-10,12H2,(H,19,24). The molecule has 3 rings (SSSR count). The molecular weight excluding hydrogens is 306 g/mol. The number of benzene rings is 1. The normalized spacial score (nSPS) is 17.4. The number of likely N-dealkylation sites (tertiary alicyclic amines) is 1.